The molecule has 0 aliphatic carbocycles. The summed E-state index contributed by atoms with van der Waals surface area (Å²) in [7, 11) is 0. The zero-order chi connectivity index (χ0) is 16.2. The van der Waals surface area contributed by atoms with Gasteiger partial charge in [-0.1, -0.05) is 60.7 Å². The van der Waals surface area contributed by atoms with E-state index in [1.54, 1.807) is 17.6 Å². The monoisotopic (exact) mass is 305 g/mol. The molecule has 0 aliphatic heterocycles. The van der Waals surface area contributed by atoms with Gasteiger partial charge in [-0.15, -0.1) is 10.2 Å². The van der Waals surface area contributed by atoms with Crippen LogP contribution in [0.3, 0.4) is 0 Å². The van der Waals surface area contributed by atoms with E-state index in [1.165, 1.54) is 0 Å². The van der Waals surface area contributed by atoms with Crippen LogP contribution in [0.2, 0.25) is 0 Å². The van der Waals surface area contributed by atoms with Crippen molar-refractivity contribution >= 4 is 17.7 Å². The van der Waals surface area contributed by atoms with Gasteiger partial charge in [0.05, 0.1) is 0 Å². The van der Waals surface area contributed by atoms with Crippen molar-refractivity contribution in [3.63, 3.8) is 0 Å². The fourth-order valence-corrected chi connectivity index (χ4v) is 2.35. The van der Waals surface area contributed by atoms with E-state index in [9.17, 15) is 9.90 Å². The summed E-state index contributed by atoms with van der Waals surface area (Å²) in [6.07, 6.45) is 1.62. The number of carboxylic acid groups (broad SMARTS) is 1. The van der Waals surface area contributed by atoms with Gasteiger partial charge in [0.15, 0.2) is 5.82 Å². The molecule has 0 radical (unpaired) electrons. The Labute approximate surface area is 133 Å². The van der Waals surface area contributed by atoms with Gasteiger partial charge in [0.25, 0.3) is 0 Å². The number of nitrogens with zero attached hydrogens (tertiary/aromatic N) is 3. The van der Waals surface area contributed by atoms with E-state index in [2.05, 4.69) is 10.2 Å². The Morgan fingerprint density at radius 3 is 2.22 bits per heavy atom. The topological polar surface area (TPSA) is 68.0 Å². The van der Waals surface area contributed by atoms with Crippen molar-refractivity contribution in [3.05, 3.63) is 72.1 Å². The van der Waals surface area contributed by atoms with Crippen LogP contribution >= 0.6 is 0 Å². The third-order valence-corrected chi connectivity index (χ3v) is 3.42. The summed E-state index contributed by atoms with van der Waals surface area (Å²) in [5, 5.41) is 17.8. The molecule has 0 saturated carbocycles. The van der Waals surface area contributed by atoms with Crippen LogP contribution in [0, 0.1) is 6.92 Å². The van der Waals surface area contributed by atoms with Crippen LogP contribution in [0.1, 0.15) is 11.4 Å². The van der Waals surface area contributed by atoms with Crippen molar-refractivity contribution in [1.82, 2.24) is 14.8 Å². The normalized spacial score (nSPS) is 11.4. The van der Waals surface area contributed by atoms with Gasteiger partial charge in [0.2, 0.25) is 0 Å². The van der Waals surface area contributed by atoms with Crippen LogP contribution < -0.4 is 0 Å². The highest BCUT2D eigenvalue weighted by Crippen LogP contribution is 2.23. The third kappa shape index (κ3) is 3.03. The Morgan fingerprint density at radius 1 is 1.00 bits per heavy atom. The Kier molecular flexibility index (Phi) is 4.01. The molecule has 3 rings (SSSR count). The first-order valence-corrected chi connectivity index (χ1v) is 7.14. The molecule has 0 fully saturated rings. The molecule has 114 valence electrons. The van der Waals surface area contributed by atoms with Gasteiger partial charge in [-0.25, -0.2) is 4.79 Å². The molecule has 1 N–H and O–H groups in total. The van der Waals surface area contributed by atoms with Crippen LogP contribution in [0.15, 0.2) is 60.7 Å². The maximum absolute atomic E-state index is 11.8. The number of aliphatic carboxylic acids is 1. The number of benzene rings is 2. The number of hydrogen-bond donors (Lipinski definition) is 1. The van der Waals surface area contributed by atoms with Crippen LogP contribution in [0.25, 0.3) is 23.2 Å². The predicted molar refractivity (Wildman–Crippen MR) is 88.4 cm³/mol. The highest BCUT2D eigenvalue weighted by Gasteiger charge is 2.19. The highest BCUT2D eigenvalue weighted by atomic mass is 16.4. The standard InChI is InChI=1S/C18H15N3O2/c1-13-19-20-17(15-10-6-3-7-11-15)21(13)16(18(22)23)12-14-8-4-2-5-9-14/h2-12H,1H3,(H,22,23)/b16-12-. The highest BCUT2D eigenvalue weighted by molar-refractivity contribution is 6.15. The van der Waals surface area contributed by atoms with Crippen molar-refractivity contribution in [3.8, 4) is 11.4 Å². The summed E-state index contributed by atoms with van der Waals surface area (Å²) in [6, 6.07) is 18.7. The van der Waals surface area contributed by atoms with Gasteiger partial charge >= 0.3 is 5.97 Å². The molecule has 5 heteroatoms. The van der Waals surface area contributed by atoms with E-state index >= 15 is 0 Å². The molecule has 3 aromatic rings. The van der Waals surface area contributed by atoms with Gasteiger partial charge in [-0.05, 0) is 18.6 Å². The third-order valence-electron chi connectivity index (χ3n) is 3.42. The number of rotatable bonds is 4. The maximum atomic E-state index is 11.8. The quantitative estimate of drug-likeness (QED) is 0.751. The Balaban J connectivity index is 2.17. The molecule has 0 aliphatic rings. The van der Waals surface area contributed by atoms with Gasteiger partial charge in [-0.2, -0.15) is 0 Å². The summed E-state index contributed by atoms with van der Waals surface area (Å²) in [5.74, 6) is -0.00458. The minimum atomic E-state index is -1.03. The lowest BCUT2D eigenvalue weighted by atomic mass is 10.1. The molecule has 1 heterocycles. The van der Waals surface area contributed by atoms with Crippen LogP contribution in [0.4, 0.5) is 0 Å². The van der Waals surface area contributed by atoms with Gasteiger partial charge in [0.1, 0.15) is 11.5 Å². The zero-order valence-electron chi connectivity index (χ0n) is 12.5. The molecule has 0 atom stereocenters. The smallest absolute Gasteiger partial charge is 0.352 e. The van der Waals surface area contributed by atoms with Gasteiger partial charge in [0, 0.05) is 5.56 Å². The number of carboxylic acids is 1. The minimum Gasteiger partial charge on any atom is -0.477 e. The van der Waals surface area contributed by atoms with Crippen molar-refractivity contribution in [1.29, 1.82) is 0 Å². The molecule has 23 heavy (non-hydrogen) atoms. The first kappa shape index (κ1) is 14.7. The summed E-state index contributed by atoms with van der Waals surface area (Å²) in [4.78, 5) is 11.8. The summed E-state index contributed by atoms with van der Waals surface area (Å²) >= 11 is 0. The number of aromatic nitrogens is 3. The lowest BCUT2D eigenvalue weighted by Gasteiger charge is -2.10. The van der Waals surface area contributed by atoms with Gasteiger partial charge < -0.3 is 5.11 Å². The average Bonchev–Trinajstić information content (AvgIpc) is 2.95. The molecule has 2 aromatic carbocycles. The minimum absolute atomic E-state index is 0.109. The lowest BCUT2D eigenvalue weighted by Crippen LogP contribution is -2.11. The molecule has 0 unspecified atom stereocenters. The first-order chi connectivity index (χ1) is 11.2. The van der Waals surface area contributed by atoms with E-state index in [0.717, 1.165) is 11.1 Å². The molecule has 5 nitrogen and oxygen atoms in total. The van der Waals surface area contributed by atoms with Crippen molar-refractivity contribution in [2.45, 2.75) is 6.92 Å². The van der Waals surface area contributed by atoms with E-state index in [1.807, 2.05) is 60.7 Å². The van der Waals surface area contributed by atoms with Crippen LogP contribution in [-0.2, 0) is 4.79 Å². The molecule has 0 amide bonds. The molecule has 0 saturated heterocycles. The van der Waals surface area contributed by atoms with E-state index in [-0.39, 0.29) is 5.70 Å². The Hall–Kier alpha value is -3.21. The Morgan fingerprint density at radius 2 is 1.61 bits per heavy atom. The SMILES string of the molecule is Cc1nnc(-c2ccccc2)n1/C(=C\c1ccccc1)C(=O)O. The van der Waals surface area contributed by atoms with Crippen molar-refractivity contribution in [2.75, 3.05) is 0 Å². The number of hydrogen-bond acceptors (Lipinski definition) is 3. The number of carbonyl (C=O) groups is 1. The summed E-state index contributed by atoms with van der Waals surface area (Å²) < 4.78 is 1.56. The van der Waals surface area contributed by atoms with Crippen molar-refractivity contribution < 1.29 is 9.90 Å². The molecule has 0 bridgehead atoms. The van der Waals surface area contributed by atoms with Crippen LogP contribution in [0.5, 0.6) is 0 Å². The maximum Gasteiger partial charge on any atom is 0.352 e. The predicted octanol–water partition coefficient (Wildman–Crippen LogP) is 3.34. The fraction of sp³-hybridized carbons (Fsp3) is 0.0556. The fourth-order valence-electron chi connectivity index (χ4n) is 2.35. The summed E-state index contributed by atoms with van der Waals surface area (Å²) in [6.45, 7) is 1.74. The first-order valence-electron chi connectivity index (χ1n) is 7.14. The largest absolute Gasteiger partial charge is 0.477 e. The number of aryl methyl sites for hydroxylation is 1. The molecular weight excluding hydrogens is 290 g/mol. The molecule has 1 aromatic heterocycles. The zero-order valence-corrected chi connectivity index (χ0v) is 12.5. The van der Waals surface area contributed by atoms with Gasteiger partial charge in [-0.3, -0.25) is 4.57 Å². The van der Waals surface area contributed by atoms with E-state index < -0.39 is 5.97 Å². The molecule has 0 spiro atoms. The van der Waals surface area contributed by atoms with Crippen molar-refractivity contribution in [2.24, 2.45) is 0 Å². The van der Waals surface area contributed by atoms with E-state index in [0.29, 0.717) is 11.6 Å². The van der Waals surface area contributed by atoms with Crippen LogP contribution in [-0.4, -0.2) is 25.8 Å². The summed E-state index contributed by atoms with van der Waals surface area (Å²) in [5.41, 5.74) is 1.72. The second-order valence-corrected chi connectivity index (χ2v) is 5.02. The molecular formula is C18H15N3O2. The second-order valence-electron chi connectivity index (χ2n) is 5.02. The second kappa shape index (κ2) is 6.27. The average molecular weight is 305 g/mol. The lowest BCUT2D eigenvalue weighted by molar-refractivity contribution is -0.130. The van der Waals surface area contributed by atoms with E-state index in [4.69, 9.17) is 0 Å². The Bertz CT molecular complexity index is 852.